The van der Waals surface area contributed by atoms with Gasteiger partial charge in [0.15, 0.2) is 5.79 Å². The van der Waals surface area contributed by atoms with Gasteiger partial charge in [-0.15, -0.1) is 0 Å². The van der Waals surface area contributed by atoms with Gasteiger partial charge in [0.25, 0.3) is 0 Å². The van der Waals surface area contributed by atoms with Gasteiger partial charge in [0.05, 0.1) is 6.42 Å². The molecule has 0 saturated heterocycles. The van der Waals surface area contributed by atoms with Crippen molar-refractivity contribution >= 4 is 53.0 Å². The van der Waals surface area contributed by atoms with E-state index in [-0.39, 0.29) is 6.42 Å². The molecule has 0 saturated carbocycles. The molecule has 0 aromatic rings. The van der Waals surface area contributed by atoms with Gasteiger partial charge in [-0.3, -0.25) is 0 Å². The van der Waals surface area contributed by atoms with E-state index in [9.17, 15) is 4.79 Å². The van der Waals surface area contributed by atoms with Crippen LogP contribution in [0.15, 0.2) is 0 Å². The summed E-state index contributed by atoms with van der Waals surface area (Å²) >= 11 is 4.74. The molecule has 73 valence electrons. The van der Waals surface area contributed by atoms with E-state index in [1.54, 1.807) is 0 Å². The molecule has 4 nitrogen and oxygen atoms in total. The SMILES string of the molecule is C=O.CC(O)(O)CC=O.[I][V][I]. The Morgan fingerprint density at radius 2 is 1.75 bits per heavy atom. The molecule has 2 N–H and O–H groups in total. The molecule has 0 radical (unpaired) electrons. The molecule has 0 aliphatic rings. The quantitative estimate of drug-likeness (QED) is 0.381. The summed E-state index contributed by atoms with van der Waals surface area (Å²) in [4.78, 5) is 17.5. The Kier molecular flexibility index (Phi) is 23.4. The van der Waals surface area contributed by atoms with Crippen LogP contribution in [0.3, 0.4) is 0 Å². The molecule has 12 heavy (non-hydrogen) atoms. The molecule has 0 aromatic carbocycles. The van der Waals surface area contributed by atoms with Crippen molar-refractivity contribution in [1.82, 2.24) is 0 Å². The Hall–Kier alpha value is 1.30. The van der Waals surface area contributed by atoms with E-state index < -0.39 is 5.79 Å². The van der Waals surface area contributed by atoms with Crippen LogP contribution in [-0.4, -0.2) is 29.1 Å². The van der Waals surface area contributed by atoms with E-state index in [0.717, 1.165) is 6.92 Å². The van der Waals surface area contributed by atoms with Crippen LogP contribution in [0.5, 0.6) is 0 Å². The molecule has 0 spiro atoms. The first kappa shape index (κ1) is 19.0. The maximum atomic E-state index is 9.50. The van der Waals surface area contributed by atoms with Crippen LogP contribution in [0.4, 0.5) is 0 Å². The van der Waals surface area contributed by atoms with Crippen LogP contribution in [0, 0.1) is 0 Å². The summed E-state index contributed by atoms with van der Waals surface area (Å²) in [6, 6.07) is 0. The van der Waals surface area contributed by atoms with Crippen molar-refractivity contribution in [3.05, 3.63) is 0 Å². The van der Waals surface area contributed by atoms with Gasteiger partial charge in [0, 0.05) is 0 Å². The van der Waals surface area contributed by atoms with Gasteiger partial charge in [-0.25, -0.2) is 0 Å². The minimum atomic E-state index is -1.82. The van der Waals surface area contributed by atoms with Crippen LogP contribution in [0.2, 0.25) is 0 Å². The molecule has 0 unspecified atom stereocenters. The van der Waals surface area contributed by atoms with Gasteiger partial charge in [-0.2, -0.15) is 0 Å². The fraction of sp³-hybridized carbons (Fsp3) is 0.600. The number of halogens is 2. The summed E-state index contributed by atoms with van der Waals surface area (Å²) < 4.78 is 0. The molecular weight excluding hydrogens is 429 g/mol. The molecule has 0 aromatic heterocycles. The van der Waals surface area contributed by atoms with E-state index in [2.05, 4.69) is 40.0 Å². The monoisotopic (exact) mass is 439 g/mol. The second-order valence-corrected chi connectivity index (χ2v) is 13.4. The predicted octanol–water partition coefficient (Wildman–Crippen LogP) is 0.860. The molecular formula is C5H10I2O4V. The Bertz CT molecular complexity index is 95.9. The van der Waals surface area contributed by atoms with E-state index >= 15 is 0 Å². The van der Waals surface area contributed by atoms with Crippen LogP contribution >= 0.6 is 40.0 Å². The number of rotatable bonds is 2. The number of carbonyl (C=O) groups excluding carboxylic acids is 2. The molecule has 0 fully saturated rings. The maximum absolute atomic E-state index is 9.50. The van der Waals surface area contributed by atoms with Crippen LogP contribution < -0.4 is 0 Å². The van der Waals surface area contributed by atoms with Crippen LogP contribution in [0.1, 0.15) is 13.3 Å². The third-order valence-electron chi connectivity index (χ3n) is 0.470. The number of aldehydes is 1. The van der Waals surface area contributed by atoms with Gasteiger partial charge in [0.2, 0.25) is 0 Å². The molecule has 0 heterocycles. The van der Waals surface area contributed by atoms with Crippen molar-refractivity contribution in [3.63, 3.8) is 0 Å². The van der Waals surface area contributed by atoms with E-state index in [4.69, 9.17) is 15.0 Å². The molecule has 7 heteroatoms. The molecule has 0 bridgehead atoms. The topological polar surface area (TPSA) is 74.6 Å². The molecule has 0 aliphatic carbocycles. The zero-order chi connectivity index (χ0) is 10.6. The number of carbonyl (C=O) groups is 2. The second-order valence-electron chi connectivity index (χ2n) is 1.65. The van der Waals surface area contributed by atoms with Crippen molar-refractivity contribution in [2.45, 2.75) is 19.1 Å². The van der Waals surface area contributed by atoms with Gasteiger partial charge in [0.1, 0.15) is 13.1 Å². The zero-order valence-electron chi connectivity index (χ0n) is 6.41. The molecule has 0 rings (SSSR count). The fourth-order valence-electron chi connectivity index (χ4n) is 0.158. The summed E-state index contributed by atoms with van der Waals surface area (Å²) in [6.45, 7) is 3.15. The van der Waals surface area contributed by atoms with Gasteiger partial charge in [-0.05, 0) is 6.92 Å². The van der Waals surface area contributed by atoms with E-state index in [1.165, 1.54) is 0 Å². The Morgan fingerprint density at radius 3 is 1.75 bits per heavy atom. The first-order valence-electron chi connectivity index (χ1n) is 2.57. The predicted molar refractivity (Wildman–Crippen MR) is 58.7 cm³/mol. The first-order valence-corrected chi connectivity index (χ1v) is 11.6. The molecule has 0 atom stereocenters. The van der Waals surface area contributed by atoms with Crippen molar-refractivity contribution in [1.29, 1.82) is 0 Å². The Labute approximate surface area is 100 Å². The van der Waals surface area contributed by atoms with Crippen LogP contribution in [0.25, 0.3) is 0 Å². The number of hydrogen-bond donors (Lipinski definition) is 2. The van der Waals surface area contributed by atoms with Crippen molar-refractivity contribution in [2.24, 2.45) is 0 Å². The normalized spacial score (nSPS) is 8.08. The van der Waals surface area contributed by atoms with Gasteiger partial charge < -0.3 is 19.8 Å². The summed E-state index contributed by atoms with van der Waals surface area (Å²) in [6.07, 6.45) is 0.229. The average molecular weight is 439 g/mol. The van der Waals surface area contributed by atoms with Crippen LogP contribution in [-0.2, 0) is 19.1 Å². The second kappa shape index (κ2) is 14.8. The van der Waals surface area contributed by atoms with Crippen molar-refractivity contribution < 1.29 is 29.3 Å². The third-order valence-corrected chi connectivity index (χ3v) is 0.470. The van der Waals surface area contributed by atoms with Gasteiger partial charge in [-0.1, -0.05) is 0 Å². The molecule has 0 aliphatic heterocycles. The number of hydrogen-bond acceptors (Lipinski definition) is 4. The average Bonchev–Trinajstić information content (AvgIpc) is 1.91. The van der Waals surface area contributed by atoms with Crippen molar-refractivity contribution in [3.8, 4) is 0 Å². The van der Waals surface area contributed by atoms with E-state index in [0.29, 0.717) is 15.8 Å². The summed E-state index contributed by atoms with van der Waals surface area (Å²) in [5.41, 5.74) is 0. The zero-order valence-corrected chi connectivity index (χ0v) is 12.1. The third kappa shape index (κ3) is 42.7. The van der Waals surface area contributed by atoms with Crippen molar-refractivity contribution in [2.75, 3.05) is 0 Å². The summed E-state index contributed by atoms with van der Waals surface area (Å²) in [5.74, 6) is -1.82. The van der Waals surface area contributed by atoms with Gasteiger partial charge >= 0.3 is 49.4 Å². The summed E-state index contributed by atoms with van der Waals surface area (Å²) in [5, 5.41) is 16.7. The first-order chi connectivity index (χ1) is 5.47. The summed E-state index contributed by atoms with van der Waals surface area (Å²) in [7, 11) is 0.628. The Balaban J connectivity index is -0.000000137. The minimum absolute atomic E-state index is 0.229. The molecule has 0 amide bonds. The van der Waals surface area contributed by atoms with E-state index in [1.807, 2.05) is 6.79 Å². The fourth-order valence-corrected chi connectivity index (χ4v) is 0.158. The number of aliphatic hydroxyl groups is 2. The Morgan fingerprint density at radius 1 is 1.50 bits per heavy atom. The standard InChI is InChI=1S/C4H8O3.CH2O.2HI.V/c1-4(6,7)2-3-5;1-2;;;/h3,6-7H,2H2,1H3;1H2;2*1H;/q;;;;+2/p-2.